The molecule has 1 amide bonds. The fraction of sp³-hybridized carbons (Fsp3) is 0.706. The molecule has 1 saturated heterocycles. The minimum atomic E-state index is -0.753. The quantitative estimate of drug-likeness (QED) is 0.866. The Bertz CT molecular complexity index is 595. The van der Waals surface area contributed by atoms with E-state index < -0.39 is 5.97 Å². The molecule has 6 heteroatoms. The molecule has 1 aromatic heterocycles. The lowest BCUT2D eigenvalue weighted by molar-refractivity contribution is -0.137. The number of carbonyl (C=O) groups is 2. The number of carbonyl (C=O) groups excluding carboxylic acids is 1. The lowest BCUT2D eigenvalue weighted by atomic mass is 9.93. The molecule has 1 atom stereocenters. The fourth-order valence-electron chi connectivity index (χ4n) is 3.26. The maximum atomic E-state index is 12.8. The van der Waals surface area contributed by atoms with Crippen LogP contribution in [0.25, 0.3) is 0 Å². The van der Waals surface area contributed by atoms with Crippen LogP contribution in [0.4, 0.5) is 0 Å². The molecule has 0 radical (unpaired) electrons. The molecule has 1 N–H and O–H groups in total. The Hall–Kier alpha value is -1.43. The molecular weight excluding hydrogens is 312 g/mol. The summed E-state index contributed by atoms with van der Waals surface area (Å²) >= 11 is 1.55. The second-order valence-corrected chi connectivity index (χ2v) is 7.95. The summed E-state index contributed by atoms with van der Waals surface area (Å²) in [6.45, 7) is 3.38. The van der Waals surface area contributed by atoms with Crippen molar-refractivity contribution >= 4 is 23.2 Å². The van der Waals surface area contributed by atoms with E-state index in [1.54, 1.807) is 11.3 Å². The average Bonchev–Trinajstić information content (AvgIpc) is 3.26. The smallest absolute Gasteiger partial charge is 0.303 e. The summed E-state index contributed by atoms with van der Waals surface area (Å²) in [6, 6.07) is 0. The van der Waals surface area contributed by atoms with Crippen molar-refractivity contribution < 1.29 is 14.7 Å². The number of amides is 1. The Morgan fingerprint density at radius 3 is 2.78 bits per heavy atom. The number of piperidine rings is 1. The highest BCUT2D eigenvalue weighted by molar-refractivity contribution is 7.13. The first-order chi connectivity index (χ1) is 11.0. The maximum Gasteiger partial charge on any atom is 0.303 e. The third-order valence-corrected chi connectivity index (χ3v) is 5.94. The highest BCUT2D eigenvalue weighted by atomic mass is 32.1. The Balaban J connectivity index is 1.62. The standard InChI is InChI=1S/C17H24N2O3S/c1-11-16(23-14(18-11)9-12-4-5-12)17(22)19-8-2-3-13(10-19)6-7-15(20)21/h12-13H,2-10H2,1H3,(H,20,21). The largest absolute Gasteiger partial charge is 0.481 e. The lowest BCUT2D eigenvalue weighted by Crippen LogP contribution is -2.40. The maximum absolute atomic E-state index is 12.8. The zero-order chi connectivity index (χ0) is 16.4. The topological polar surface area (TPSA) is 70.5 Å². The number of carboxylic acids is 1. The molecule has 5 nitrogen and oxygen atoms in total. The predicted molar refractivity (Wildman–Crippen MR) is 88.8 cm³/mol. The van der Waals surface area contributed by atoms with Crippen molar-refractivity contribution in [1.29, 1.82) is 0 Å². The van der Waals surface area contributed by atoms with Crippen molar-refractivity contribution in [1.82, 2.24) is 9.88 Å². The molecule has 1 unspecified atom stereocenters. The summed E-state index contributed by atoms with van der Waals surface area (Å²) in [5, 5.41) is 9.92. The first kappa shape index (κ1) is 16.4. The fourth-order valence-corrected chi connectivity index (χ4v) is 4.41. The number of thiazole rings is 1. The van der Waals surface area contributed by atoms with E-state index in [2.05, 4.69) is 4.98 Å². The van der Waals surface area contributed by atoms with E-state index in [4.69, 9.17) is 5.11 Å². The second kappa shape index (κ2) is 6.99. The molecule has 1 saturated carbocycles. The van der Waals surface area contributed by atoms with E-state index in [0.29, 0.717) is 18.9 Å². The zero-order valence-electron chi connectivity index (χ0n) is 13.6. The number of hydrogen-bond acceptors (Lipinski definition) is 4. The normalized spacial score (nSPS) is 21.4. The molecule has 23 heavy (non-hydrogen) atoms. The third-order valence-electron chi connectivity index (χ3n) is 4.77. The van der Waals surface area contributed by atoms with Crippen LogP contribution >= 0.6 is 11.3 Å². The van der Waals surface area contributed by atoms with E-state index in [1.807, 2.05) is 11.8 Å². The number of aliphatic carboxylic acids is 1. The Labute approximate surface area is 140 Å². The molecule has 0 spiro atoms. The van der Waals surface area contributed by atoms with Crippen LogP contribution in [0.15, 0.2) is 0 Å². The van der Waals surface area contributed by atoms with Gasteiger partial charge in [-0.05, 0) is 50.9 Å². The molecular formula is C17H24N2O3S. The summed E-state index contributed by atoms with van der Waals surface area (Å²) in [6.07, 6.45) is 6.43. The van der Waals surface area contributed by atoms with Crippen molar-refractivity contribution in [2.75, 3.05) is 13.1 Å². The van der Waals surface area contributed by atoms with Gasteiger partial charge in [-0.3, -0.25) is 9.59 Å². The van der Waals surface area contributed by atoms with Crippen LogP contribution in [0.3, 0.4) is 0 Å². The van der Waals surface area contributed by atoms with Gasteiger partial charge in [0.2, 0.25) is 0 Å². The van der Waals surface area contributed by atoms with Gasteiger partial charge in [0.05, 0.1) is 10.7 Å². The van der Waals surface area contributed by atoms with Gasteiger partial charge in [0.25, 0.3) is 5.91 Å². The summed E-state index contributed by atoms with van der Waals surface area (Å²) in [7, 11) is 0. The molecule has 126 valence electrons. The van der Waals surface area contributed by atoms with Gasteiger partial charge in [-0.15, -0.1) is 11.3 Å². The number of aromatic nitrogens is 1. The Kier molecular flexibility index (Phi) is 4.99. The van der Waals surface area contributed by atoms with Gasteiger partial charge >= 0.3 is 5.97 Å². The van der Waals surface area contributed by atoms with E-state index in [-0.39, 0.29) is 12.3 Å². The summed E-state index contributed by atoms with van der Waals surface area (Å²) < 4.78 is 0. The van der Waals surface area contributed by atoms with Gasteiger partial charge in [0.15, 0.2) is 0 Å². The van der Waals surface area contributed by atoms with Crippen LogP contribution in [0.2, 0.25) is 0 Å². The van der Waals surface area contributed by atoms with Crippen LogP contribution in [0, 0.1) is 18.8 Å². The molecule has 1 aliphatic carbocycles. The van der Waals surface area contributed by atoms with Crippen LogP contribution in [-0.4, -0.2) is 40.0 Å². The molecule has 1 aliphatic heterocycles. The number of nitrogens with zero attached hydrogens (tertiary/aromatic N) is 2. The van der Waals surface area contributed by atoms with Crippen LogP contribution in [0.5, 0.6) is 0 Å². The van der Waals surface area contributed by atoms with Gasteiger partial charge in [0, 0.05) is 25.9 Å². The first-order valence-corrected chi connectivity index (χ1v) is 9.32. The summed E-state index contributed by atoms with van der Waals surface area (Å²) in [5.74, 6) is 0.417. The SMILES string of the molecule is Cc1nc(CC2CC2)sc1C(=O)N1CCCC(CCC(=O)O)C1. The summed E-state index contributed by atoms with van der Waals surface area (Å²) in [4.78, 5) is 30.8. The highest BCUT2D eigenvalue weighted by Gasteiger charge is 2.29. The van der Waals surface area contributed by atoms with Crippen LogP contribution in [0.1, 0.15) is 58.9 Å². The zero-order valence-corrected chi connectivity index (χ0v) is 14.4. The van der Waals surface area contributed by atoms with E-state index in [0.717, 1.165) is 47.3 Å². The van der Waals surface area contributed by atoms with Crippen LogP contribution < -0.4 is 0 Å². The van der Waals surface area contributed by atoms with Gasteiger partial charge in [-0.2, -0.15) is 0 Å². The van der Waals surface area contributed by atoms with Crippen LogP contribution in [-0.2, 0) is 11.2 Å². The number of aryl methyl sites for hydroxylation is 1. The van der Waals surface area contributed by atoms with Gasteiger partial charge in [-0.1, -0.05) is 0 Å². The third kappa shape index (κ3) is 4.31. The van der Waals surface area contributed by atoms with E-state index >= 15 is 0 Å². The minimum Gasteiger partial charge on any atom is -0.481 e. The van der Waals surface area contributed by atoms with E-state index in [1.165, 1.54) is 12.8 Å². The van der Waals surface area contributed by atoms with Crippen molar-refractivity contribution in [3.63, 3.8) is 0 Å². The predicted octanol–water partition coefficient (Wildman–Crippen LogP) is 3.12. The monoisotopic (exact) mass is 336 g/mol. The second-order valence-electron chi connectivity index (χ2n) is 6.86. The number of likely N-dealkylation sites (tertiary alicyclic amines) is 1. The minimum absolute atomic E-state index is 0.0853. The molecule has 0 aromatic carbocycles. The lowest BCUT2D eigenvalue weighted by Gasteiger charge is -2.32. The molecule has 3 rings (SSSR count). The molecule has 2 heterocycles. The molecule has 2 fully saturated rings. The van der Waals surface area contributed by atoms with Crippen molar-refractivity contribution in [2.45, 2.75) is 51.9 Å². The van der Waals surface area contributed by atoms with Crippen molar-refractivity contribution in [3.05, 3.63) is 15.6 Å². The van der Waals surface area contributed by atoms with Crippen molar-refractivity contribution in [3.8, 4) is 0 Å². The first-order valence-electron chi connectivity index (χ1n) is 8.50. The molecule has 1 aromatic rings. The number of carboxylic acid groups (broad SMARTS) is 1. The molecule has 0 bridgehead atoms. The van der Waals surface area contributed by atoms with Gasteiger partial charge < -0.3 is 10.0 Å². The molecule has 2 aliphatic rings. The number of hydrogen-bond donors (Lipinski definition) is 1. The van der Waals surface area contributed by atoms with Gasteiger partial charge in [-0.25, -0.2) is 4.98 Å². The van der Waals surface area contributed by atoms with Crippen molar-refractivity contribution in [2.24, 2.45) is 11.8 Å². The van der Waals surface area contributed by atoms with E-state index in [9.17, 15) is 9.59 Å². The summed E-state index contributed by atoms with van der Waals surface area (Å²) in [5.41, 5.74) is 0.850. The number of rotatable bonds is 6. The highest BCUT2D eigenvalue weighted by Crippen LogP contribution is 2.34. The Morgan fingerprint density at radius 1 is 1.30 bits per heavy atom. The average molecular weight is 336 g/mol. The van der Waals surface area contributed by atoms with Gasteiger partial charge in [0.1, 0.15) is 4.88 Å². The Morgan fingerprint density at radius 2 is 2.09 bits per heavy atom.